The molecule has 0 spiro atoms. The van der Waals surface area contributed by atoms with E-state index in [1.54, 1.807) is 7.11 Å². The van der Waals surface area contributed by atoms with Crippen molar-refractivity contribution >= 4 is 29.9 Å². The van der Waals surface area contributed by atoms with Crippen LogP contribution in [0.2, 0.25) is 0 Å². The number of nitrogens with zero attached hydrogens (tertiary/aromatic N) is 3. The van der Waals surface area contributed by atoms with Gasteiger partial charge in [0.1, 0.15) is 5.75 Å². The largest absolute Gasteiger partial charge is 0.497 e. The molecule has 1 heterocycles. The third-order valence-electron chi connectivity index (χ3n) is 4.68. The normalized spacial score (nSPS) is 17.1. The predicted molar refractivity (Wildman–Crippen MR) is 124 cm³/mol. The number of benzene rings is 1. The van der Waals surface area contributed by atoms with Gasteiger partial charge in [0, 0.05) is 45.8 Å². The third-order valence-corrected chi connectivity index (χ3v) is 4.68. The molecule has 0 bridgehead atoms. The molecule has 2 N–H and O–H groups in total. The van der Waals surface area contributed by atoms with Crippen LogP contribution in [0.4, 0.5) is 0 Å². The molecule has 1 aromatic carbocycles. The smallest absolute Gasteiger partial charge is 0.191 e. The highest BCUT2D eigenvalue weighted by atomic mass is 127. The van der Waals surface area contributed by atoms with E-state index in [1.165, 1.54) is 26.2 Å². The first-order valence-electron chi connectivity index (χ1n) is 9.66. The van der Waals surface area contributed by atoms with Gasteiger partial charge in [0.25, 0.3) is 0 Å². The molecule has 27 heavy (non-hydrogen) atoms. The Balaban J connectivity index is 0.00000364. The molecule has 0 radical (unpaired) electrons. The highest BCUT2D eigenvalue weighted by Crippen LogP contribution is 2.13. The molecule has 1 fully saturated rings. The number of likely N-dealkylation sites (N-methyl/N-ethyl adjacent to an activating group) is 1. The van der Waals surface area contributed by atoms with Gasteiger partial charge in [0.05, 0.1) is 13.7 Å². The van der Waals surface area contributed by atoms with Crippen LogP contribution < -0.4 is 15.4 Å². The fourth-order valence-corrected chi connectivity index (χ4v) is 3.09. The first kappa shape index (κ1) is 24.0. The highest BCUT2D eigenvalue weighted by Gasteiger charge is 2.16. The lowest BCUT2D eigenvalue weighted by Gasteiger charge is -2.34. The van der Waals surface area contributed by atoms with Crippen LogP contribution in [-0.2, 0) is 6.54 Å². The van der Waals surface area contributed by atoms with Crippen molar-refractivity contribution in [2.24, 2.45) is 10.9 Å². The summed E-state index contributed by atoms with van der Waals surface area (Å²) in [6, 6.07) is 8.06. The molecule has 0 amide bonds. The molecule has 154 valence electrons. The van der Waals surface area contributed by atoms with Gasteiger partial charge >= 0.3 is 0 Å². The Morgan fingerprint density at radius 1 is 1.22 bits per heavy atom. The van der Waals surface area contributed by atoms with E-state index in [1.807, 2.05) is 18.2 Å². The zero-order chi connectivity index (χ0) is 18.8. The molecule has 0 saturated carbocycles. The second-order valence-corrected chi connectivity index (χ2v) is 7.14. The summed E-state index contributed by atoms with van der Waals surface area (Å²) < 4.78 is 5.28. The minimum Gasteiger partial charge on any atom is -0.497 e. The summed E-state index contributed by atoms with van der Waals surface area (Å²) >= 11 is 0. The van der Waals surface area contributed by atoms with E-state index in [0.717, 1.165) is 36.9 Å². The Bertz CT molecular complexity index is 561. The fraction of sp³-hybridized carbons (Fsp3) is 0.650. The molecule has 1 atom stereocenters. The molecule has 1 aliphatic heterocycles. The van der Waals surface area contributed by atoms with Crippen LogP contribution in [0.1, 0.15) is 19.4 Å². The molecule has 0 aliphatic carbocycles. The summed E-state index contributed by atoms with van der Waals surface area (Å²) in [7, 11) is 3.89. The Labute approximate surface area is 181 Å². The van der Waals surface area contributed by atoms with Gasteiger partial charge in [-0.2, -0.15) is 0 Å². The zero-order valence-electron chi connectivity index (χ0n) is 17.2. The van der Waals surface area contributed by atoms with E-state index in [0.29, 0.717) is 12.5 Å². The van der Waals surface area contributed by atoms with Gasteiger partial charge in [-0.1, -0.05) is 19.1 Å². The van der Waals surface area contributed by atoms with Gasteiger partial charge in [-0.05, 0) is 37.6 Å². The molecule has 1 saturated heterocycles. The molecule has 1 unspecified atom stereocenters. The van der Waals surface area contributed by atoms with Crippen LogP contribution in [0.5, 0.6) is 5.75 Å². The van der Waals surface area contributed by atoms with Crippen LogP contribution in [0.25, 0.3) is 0 Å². The van der Waals surface area contributed by atoms with Gasteiger partial charge in [-0.15, -0.1) is 24.0 Å². The van der Waals surface area contributed by atoms with Crippen molar-refractivity contribution in [3.63, 3.8) is 0 Å². The fourth-order valence-electron chi connectivity index (χ4n) is 3.09. The molecule has 6 nitrogen and oxygen atoms in total. The number of ether oxygens (including phenoxy) is 1. The van der Waals surface area contributed by atoms with Gasteiger partial charge in [-0.3, -0.25) is 0 Å². The average molecular weight is 489 g/mol. The van der Waals surface area contributed by atoms with Gasteiger partial charge < -0.3 is 25.2 Å². The Morgan fingerprint density at radius 2 is 1.96 bits per heavy atom. The number of hydrogen-bond acceptors (Lipinski definition) is 4. The van der Waals surface area contributed by atoms with E-state index in [9.17, 15) is 0 Å². The Kier molecular flexibility index (Phi) is 11.7. The maximum Gasteiger partial charge on any atom is 0.191 e. The number of aliphatic imine (C=N–C) groups is 1. The SMILES string of the molecule is CCNC(=NCc1cccc(OC)c1)NCC(C)CN1CCN(C)CC1.I. The van der Waals surface area contributed by atoms with E-state index >= 15 is 0 Å². The molecular formula is C20H36IN5O. The highest BCUT2D eigenvalue weighted by molar-refractivity contribution is 14.0. The average Bonchev–Trinajstić information content (AvgIpc) is 2.66. The van der Waals surface area contributed by atoms with Crippen LogP contribution in [0, 0.1) is 5.92 Å². The lowest BCUT2D eigenvalue weighted by molar-refractivity contribution is 0.139. The van der Waals surface area contributed by atoms with Gasteiger partial charge in [0.2, 0.25) is 0 Å². The second-order valence-electron chi connectivity index (χ2n) is 7.14. The maximum absolute atomic E-state index is 5.28. The minimum absolute atomic E-state index is 0. The van der Waals surface area contributed by atoms with Crippen molar-refractivity contribution in [2.45, 2.75) is 20.4 Å². The van der Waals surface area contributed by atoms with E-state index in [-0.39, 0.29) is 24.0 Å². The number of methoxy groups -OCH3 is 1. The lowest BCUT2D eigenvalue weighted by Crippen LogP contribution is -2.47. The molecule has 1 aromatic rings. The van der Waals surface area contributed by atoms with E-state index < -0.39 is 0 Å². The van der Waals surface area contributed by atoms with Crippen LogP contribution >= 0.6 is 24.0 Å². The molecule has 1 aliphatic rings. The van der Waals surface area contributed by atoms with E-state index in [2.05, 4.69) is 47.4 Å². The van der Waals surface area contributed by atoms with Gasteiger partial charge in [0.15, 0.2) is 5.96 Å². The topological polar surface area (TPSA) is 52.1 Å². The number of piperazine rings is 1. The van der Waals surface area contributed by atoms with Gasteiger partial charge in [-0.25, -0.2) is 4.99 Å². The van der Waals surface area contributed by atoms with Crippen LogP contribution in [-0.4, -0.2) is 75.7 Å². The van der Waals surface area contributed by atoms with Crippen LogP contribution in [0.15, 0.2) is 29.3 Å². The first-order valence-corrected chi connectivity index (χ1v) is 9.66. The molecule has 7 heteroatoms. The second kappa shape index (κ2) is 13.2. The third kappa shape index (κ3) is 9.12. The summed E-state index contributed by atoms with van der Waals surface area (Å²) in [5.41, 5.74) is 1.15. The van der Waals surface area contributed by atoms with Crippen molar-refractivity contribution in [2.75, 3.05) is 60.0 Å². The predicted octanol–water partition coefficient (Wildman–Crippen LogP) is 2.25. The number of halogens is 1. The summed E-state index contributed by atoms with van der Waals surface area (Å²) in [6.07, 6.45) is 0. The first-order chi connectivity index (χ1) is 12.6. The molecule has 0 aromatic heterocycles. The number of guanidine groups is 1. The standard InChI is InChI=1S/C20H35N5O.HI/c1-5-21-20(23-15-18-7-6-8-19(13-18)26-4)22-14-17(2)16-25-11-9-24(3)10-12-25;/h6-8,13,17H,5,9-12,14-16H2,1-4H3,(H2,21,22,23);1H. The van der Waals surface area contributed by atoms with Crippen molar-refractivity contribution in [3.05, 3.63) is 29.8 Å². The Hall–Kier alpha value is -1.06. The summed E-state index contributed by atoms with van der Waals surface area (Å²) in [6.45, 7) is 12.6. The number of nitrogens with one attached hydrogen (secondary N) is 2. The van der Waals surface area contributed by atoms with Crippen LogP contribution in [0.3, 0.4) is 0 Å². The maximum atomic E-state index is 5.28. The Morgan fingerprint density at radius 3 is 2.63 bits per heavy atom. The zero-order valence-corrected chi connectivity index (χ0v) is 19.5. The lowest BCUT2D eigenvalue weighted by atomic mass is 10.1. The van der Waals surface area contributed by atoms with Crippen molar-refractivity contribution in [1.82, 2.24) is 20.4 Å². The molecule has 2 rings (SSSR count). The summed E-state index contributed by atoms with van der Waals surface area (Å²) in [4.78, 5) is 9.67. The quantitative estimate of drug-likeness (QED) is 0.334. The van der Waals surface area contributed by atoms with Crippen molar-refractivity contribution in [3.8, 4) is 5.75 Å². The molecular weight excluding hydrogens is 453 g/mol. The number of hydrogen-bond donors (Lipinski definition) is 2. The van der Waals surface area contributed by atoms with E-state index in [4.69, 9.17) is 9.73 Å². The summed E-state index contributed by atoms with van der Waals surface area (Å²) in [5.74, 6) is 2.33. The van der Waals surface area contributed by atoms with Crippen molar-refractivity contribution in [1.29, 1.82) is 0 Å². The van der Waals surface area contributed by atoms with Crippen molar-refractivity contribution < 1.29 is 4.74 Å². The summed E-state index contributed by atoms with van der Waals surface area (Å²) in [5, 5.41) is 6.82. The monoisotopic (exact) mass is 489 g/mol. The minimum atomic E-state index is 0. The number of rotatable bonds is 8.